The normalized spacial score (nSPS) is 11.9. The van der Waals surface area contributed by atoms with Crippen molar-refractivity contribution in [3.63, 3.8) is 0 Å². The van der Waals surface area contributed by atoms with Crippen LogP contribution in [0.2, 0.25) is 0 Å². The molecule has 0 aromatic heterocycles. The molecule has 0 spiro atoms. The van der Waals surface area contributed by atoms with Crippen molar-refractivity contribution in [2.24, 2.45) is 0 Å². The lowest BCUT2D eigenvalue weighted by Gasteiger charge is -2.25. The fourth-order valence-corrected chi connectivity index (χ4v) is 2.60. The lowest BCUT2D eigenvalue weighted by molar-refractivity contribution is -0.138. The topological polar surface area (TPSA) is 29.5 Å². The van der Waals surface area contributed by atoms with Crippen molar-refractivity contribution < 1.29 is 9.53 Å². The maximum absolute atomic E-state index is 12.7. The van der Waals surface area contributed by atoms with Crippen molar-refractivity contribution in [3.8, 4) is 5.75 Å². The first-order valence-corrected chi connectivity index (χ1v) is 8.45. The summed E-state index contributed by atoms with van der Waals surface area (Å²) < 4.78 is 6.02. The number of ether oxygens (including phenoxy) is 1. The maximum atomic E-state index is 12.7. The summed E-state index contributed by atoms with van der Waals surface area (Å²) in [6.45, 7) is 8.70. The second kappa shape index (κ2) is 8.00. The molecule has 0 bridgehead atoms. The zero-order chi connectivity index (χ0) is 17.7. The third kappa shape index (κ3) is 4.38. The number of carbonyl (C=O) groups is 1. The Morgan fingerprint density at radius 1 is 1.08 bits per heavy atom. The molecule has 128 valence electrons. The van der Waals surface area contributed by atoms with Gasteiger partial charge in [-0.3, -0.25) is 4.79 Å². The van der Waals surface area contributed by atoms with E-state index in [0.29, 0.717) is 13.0 Å². The number of aryl methyl sites for hydroxylation is 2. The molecule has 2 rings (SSSR count). The Morgan fingerprint density at radius 3 is 2.38 bits per heavy atom. The summed E-state index contributed by atoms with van der Waals surface area (Å²) in [7, 11) is 1.83. The molecule has 0 radical (unpaired) electrons. The zero-order valence-electron chi connectivity index (χ0n) is 15.3. The minimum absolute atomic E-state index is 0.0129. The molecule has 1 atom stereocenters. The van der Waals surface area contributed by atoms with Crippen molar-refractivity contribution in [2.75, 3.05) is 7.05 Å². The predicted molar refractivity (Wildman–Crippen MR) is 98.3 cm³/mol. The van der Waals surface area contributed by atoms with Crippen LogP contribution in [-0.4, -0.2) is 24.0 Å². The van der Waals surface area contributed by atoms with Crippen LogP contribution >= 0.6 is 0 Å². The van der Waals surface area contributed by atoms with Gasteiger partial charge >= 0.3 is 0 Å². The van der Waals surface area contributed by atoms with Crippen molar-refractivity contribution in [1.29, 1.82) is 0 Å². The van der Waals surface area contributed by atoms with E-state index in [9.17, 15) is 4.79 Å². The summed E-state index contributed by atoms with van der Waals surface area (Å²) in [5, 5.41) is 0. The fourth-order valence-electron chi connectivity index (χ4n) is 2.60. The van der Waals surface area contributed by atoms with E-state index in [-0.39, 0.29) is 5.91 Å². The van der Waals surface area contributed by atoms with Crippen LogP contribution in [0.1, 0.15) is 35.6 Å². The van der Waals surface area contributed by atoms with Crippen LogP contribution in [0, 0.1) is 20.8 Å². The predicted octanol–water partition coefficient (Wildman–Crippen LogP) is 4.43. The molecule has 2 aromatic carbocycles. The molecule has 2 aromatic rings. The van der Waals surface area contributed by atoms with Gasteiger partial charge in [-0.05, 0) is 49.9 Å². The number of likely N-dealkylation sites (N-methyl/N-ethyl adjacent to an activating group) is 1. The summed E-state index contributed by atoms with van der Waals surface area (Å²) in [5.74, 6) is 0.804. The number of rotatable bonds is 6. The molecule has 24 heavy (non-hydrogen) atoms. The number of amides is 1. The molecule has 0 aliphatic carbocycles. The van der Waals surface area contributed by atoms with Crippen LogP contribution in [0.4, 0.5) is 0 Å². The minimum Gasteiger partial charge on any atom is -0.480 e. The van der Waals surface area contributed by atoms with E-state index in [1.807, 2.05) is 33.0 Å². The summed E-state index contributed by atoms with van der Waals surface area (Å²) >= 11 is 0. The lowest BCUT2D eigenvalue weighted by Crippen LogP contribution is -2.39. The average Bonchev–Trinajstić information content (AvgIpc) is 2.57. The van der Waals surface area contributed by atoms with Crippen molar-refractivity contribution >= 4 is 5.91 Å². The van der Waals surface area contributed by atoms with Gasteiger partial charge in [-0.15, -0.1) is 0 Å². The van der Waals surface area contributed by atoms with E-state index in [1.54, 1.807) is 4.90 Å². The number of benzene rings is 2. The van der Waals surface area contributed by atoms with Gasteiger partial charge in [0.1, 0.15) is 5.75 Å². The smallest absolute Gasteiger partial charge is 0.263 e. The Morgan fingerprint density at radius 2 is 1.75 bits per heavy atom. The Bertz CT molecular complexity index is 691. The Labute approximate surface area is 145 Å². The van der Waals surface area contributed by atoms with Gasteiger partial charge in [-0.1, -0.05) is 48.9 Å². The van der Waals surface area contributed by atoms with E-state index in [2.05, 4.69) is 44.2 Å². The van der Waals surface area contributed by atoms with E-state index in [1.165, 1.54) is 11.1 Å². The van der Waals surface area contributed by atoms with Gasteiger partial charge in [0.2, 0.25) is 0 Å². The van der Waals surface area contributed by atoms with Crippen LogP contribution in [0.15, 0.2) is 42.5 Å². The second-order valence-corrected chi connectivity index (χ2v) is 6.39. The molecule has 0 unspecified atom stereocenters. The number of nitrogens with zero attached hydrogens (tertiary/aromatic N) is 1. The molecular weight excluding hydrogens is 298 g/mol. The molecular formula is C21H27NO2. The second-order valence-electron chi connectivity index (χ2n) is 6.39. The standard InChI is InChI=1S/C21H27NO2/c1-6-19(24-20-9-7-8-16(3)17(20)4)21(23)22(5)14-18-12-10-15(2)11-13-18/h7-13,19H,6,14H2,1-5H3/t19-/m1/s1. The van der Waals surface area contributed by atoms with Crippen LogP contribution in [0.25, 0.3) is 0 Å². The highest BCUT2D eigenvalue weighted by atomic mass is 16.5. The highest BCUT2D eigenvalue weighted by molar-refractivity contribution is 5.81. The van der Waals surface area contributed by atoms with Crippen LogP contribution in [-0.2, 0) is 11.3 Å². The molecule has 1 amide bonds. The first-order chi connectivity index (χ1) is 11.4. The molecule has 0 N–H and O–H groups in total. The van der Waals surface area contributed by atoms with Gasteiger partial charge in [-0.2, -0.15) is 0 Å². The molecule has 0 saturated carbocycles. The highest BCUT2D eigenvalue weighted by Gasteiger charge is 2.23. The maximum Gasteiger partial charge on any atom is 0.263 e. The number of carbonyl (C=O) groups excluding carboxylic acids is 1. The molecule has 0 aliphatic heterocycles. The van der Waals surface area contributed by atoms with E-state index in [0.717, 1.165) is 16.9 Å². The fraction of sp³-hybridized carbons (Fsp3) is 0.381. The van der Waals surface area contributed by atoms with Gasteiger partial charge < -0.3 is 9.64 Å². The summed E-state index contributed by atoms with van der Waals surface area (Å²) in [5.41, 5.74) is 4.60. The van der Waals surface area contributed by atoms with Gasteiger partial charge in [-0.25, -0.2) is 0 Å². The highest BCUT2D eigenvalue weighted by Crippen LogP contribution is 2.23. The Kier molecular flexibility index (Phi) is 6.02. The van der Waals surface area contributed by atoms with Crippen LogP contribution < -0.4 is 4.74 Å². The zero-order valence-corrected chi connectivity index (χ0v) is 15.3. The summed E-state index contributed by atoms with van der Waals surface area (Å²) in [6.07, 6.45) is 0.186. The first kappa shape index (κ1) is 18.1. The summed E-state index contributed by atoms with van der Waals surface area (Å²) in [4.78, 5) is 14.5. The Balaban J connectivity index is 2.07. The Hall–Kier alpha value is -2.29. The van der Waals surface area contributed by atoms with Crippen LogP contribution in [0.3, 0.4) is 0 Å². The van der Waals surface area contributed by atoms with Crippen molar-refractivity contribution in [2.45, 2.75) is 46.8 Å². The third-order valence-corrected chi connectivity index (χ3v) is 4.39. The van der Waals surface area contributed by atoms with Gasteiger partial charge in [0, 0.05) is 13.6 Å². The molecule has 3 heteroatoms. The molecule has 0 fully saturated rings. The van der Waals surface area contributed by atoms with Crippen molar-refractivity contribution in [1.82, 2.24) is 4.90 Å². The van der Waals surface area contributed by atoms with Crippen LogP contribution in [0.5, 0.6) is 5.75 Å². The molecule has 0 heterocycles. The number of hydrogen-bond donors (Lipinski definition) is 0. The lowest BCUT2D eigenvalue weighted by atomic mass is 10.1. The molecule has 0 aliphatic rings. The third-order valence-electron chi connectivity index (χ3n) is 4.39. The van der Waals surface area contributed by atoms with E-state index >= 15 is 0 Å². The largest absolute Gasteiger partial charge is 0.480 e. The van der Waals surface area contributed by atoms with E-state index < -0.39 is 6.10 Å². The van der Waals surface area contributed by atoms with Gasteiger partial charge in [0.05, 0.1) is 0 Å². The number of hydrogen-bond acceptors (Lipinski definition) is 2. The quantitative estimate of drug-likeness (QED) is 0.786. The van der Waals surface area contributed by atoms with Crippen molar-refractivity contribution in [3.05, 3.63) is 64.7 Å². The van der Waals surface area contributed by atoms with Gasteiger partial charge in [0.15, 0.2) is 6.10 Å². The minimum atomic E-state index is -0.457. The average molecular weight is 325 g/mol. The molecule has 3 nitrogen and oxygen atoms in total. The summed E-state index contributed by atoms with van der Waals surface area (Å²) in [6, 6.07) is 14.2. The van der Waals surface area contributed by atoms with E-state index in [4.69, 9.17) is 4.74 Å². The SMILES string of the molecule is CC[C@@H](Oc1cccc(C)c1C)C(=O)N(C)Cc1ccc(C)cc1. The first-order valence-electron chi connectivity index (χ1n) is 8.45. The monoisotopic (exact) mass is 325 g/mol. The molecule has 0 saturated heterocycles. The van der Waals surface area contributed by atoms with Gasteiger partial charge in [0.25, 0.3) is 5.91 Å².